The minimum absolute atomic E-state index is 0.329. The second kappa shape index (κ2) is 9.43. The van der Waals surface area contributed by atoms with Crippen molar-refractivity contribution in [1.29, 1.82) is 0 Å². The molecule has 0 heterocycles. The van der Waals surface area contributed by atoms with Crippen LogP contribution in [0.3, 0.4) is 0 Å². The smallest absolute Gasteiger partial charge is 0.379 e. The molecule has 1 aromatic rings. The van der Waals surface area contributed by atoms with Gasteiger partial charge in [-0.15, -0.1) is 0 Å². The molecule has 1 N–H and O–H groups in total. The predicted molar refractivity (Wildman–Crippen MR) is 89.1 cm³/mol. The van der Waals surface area contributed by atoms with E-state index < -0.39 is 19.0 Å². The Hall–Kier alpha value is -0.720. The van der Waals surface area contributed by atoms with Gasteiger partial charge < -0.3 is 9.42 Å². The summed E-state index contributed by atoms with van der Waals surface area (Å²) in [6.45, 7) is -2.31. The van der Waals surface area contributed by atoms with Crippen LogP contribution < -0.4 is 5.06 Å². The fourth-order valence-corrected chi connectivity index (χ4v) is 2.80. The van der Waals surface area contributed by atoms with E-state index in [2.05, 4.69) is 4.52 Å². The Labute approximate surface area is 139 Å². The number of carbonyl (C=O) groups is 1. The summed E-state index contributed by atoms with van der Waals surface area (Å²) in [6.07, 6.45) is 2.28. The van der Waals surface area contributed by atoms with E-state index in [9.17, 15) is 9.36 Å². The molecule has 2 unspecified atom stereocenters. The second-order valence-electron chi connectivity index (χ2n) is 4.24. The number of para-hydroxylation sites is 1. The van der Waals surface area contributed by atoms with Crippen LogP contribution in [0.4, 0.5) is 5.69 Å². The summed E-state index contributed by atoms with van der Waals surface area (Å²) in [7, 11) is 0. The van der Waals surface area contributed by atoms with Crippen molar-refractivity contribution in [2.24, 2.45) is 0 Å². The number of thioether (sulfide) groups is 1. The standard InChI is InChI=1S/C13H19ClNO5PS/c1-3-19-15(11-7-5-4-6-8-11)12(9-10-22-2)13(16)20-21(14,17)18/h4-8,12H,3,9-10H2,1-2H3,(H,17,18). The summed E-state index contributed by atoms with van der Waals surface area (Å²) < 4.78 is 15.6. The number of hydrogen-bond acceptors (Lipinski definition) is 6. The minimum atomic E-state index is -4.42. The normalized spacial score (nSPS) is 14.9. The van der Waals surface area contributed by atoms with E-state index >= 15 is 0 Å². The molecule has 0 aliphatic heterocycles. The Morgan fingerprint density at radius 2 is 2.09 bits per heavy atom. The molecular formula is C13H19ClNO5PS. The molecule has 0 bridgehead atoms. The molecular weight excluding hydrogens is 349 g/mol. The van der Waals surface area contributed by atoms with Crippen LogP contribution >= 0.6 is 30.0 Å². The summed E-state index contributed by atoms with van der Waals surface area (Å²) in [5.74, 6) is -0.249. The summed E-state index contributed by atoms with van der Waals surface area (Å²) in [6, 6.07) is 8.12. The van der Waals surface area contributed by atoms with Crippen LogP contribution in [0.15, 0.2) is 30.3 Å². The Balaban J connectivity index is 3.04. The maximum atomic E-state index is 12.2. The molecule has 1 rings (SSSR count). The van der Waals surface area contributed by atoms with E-state index in [1.54, 1.807) is 43.0 Å². The number of nitrogens with zero attached hydrogens (tertiary/aromatic N) is 1. The summed E-state index contributed by atoms with van der Waals surface area (Å²) in [4.78, 5) is 26.8. The van der Waals surface area contributed by atoms with Crippen molar-refractivity contribution in [3.8, 4) is 0 Å². The highest BCUT2D eigenvalue weighted by Crippen LogP contribution is 2.48. The largest absolute Gasteiger partial charge is 0.476 e. The zero-order chi connectivity index (χ0) is 16.6. The van der Waals surface area contributed by atoms with Crippen molar-refractivity contribution in [2.75, 3.05) is 23.7 Å². The first-order valence-corrected chi connectivity index (χ1v) is 10.5. The molecule has 0 aliphatic rings. The molecule has 9 heteroatoms. The van der Waals surface area contributed by atoms with Crippen molar-refractivity contribution >= 4 is 41.6 Å². The molecule has 0 aromatic heterocycles. The molecule has 2 atom stereocenters. The third-order valence-corrected chi connectivity index (χ3v) is 3.89. The van der Waals surface area contributed by atoms with Gasteiger partial charge in [0.25, 0.3) is 0 Å². The van der Waals surface area contributed by atoms with Gasteiger partial charge in [-0.3, -0.25) is 4.84 Å². The van der Waals surface area contributed by atoms with E-state index in [1.165, 1.54) is 5.06 Å². The summed E-state index contributed by atoms with van der Waals surface area (Å²) in [5.41, 5.74) is 0.648. The van der Waals surface area contributed by atoms with Crippen LogP contribution in [0.5, 0.6) is 0 Å². The number of hydrogen-bond donors (Lipinski definition) is 1. The number of benzene rings is 1. The number of rotatable bonds is 9. The van der Waals surface area contributed by atoms with Crippen LogP contribution in [0.2, 0.25) is 0 Å². The molecule has 1 aromatic carbocycles. The van der Waals surface area contributed by atoms with Crippen LogP contribution in [-0.2, 0) is 18.7 Å². The van der Waals surface area contributed by atoms with Crippen LogP contribution in [0.25, 0.3) is 0 Å². The van der Waals surface area contributed by atoms with Crippen LogP contribution in [0, 0.1) is 0 Å². The molecule has 0 saturated carbocycles. The SMILES string of the molecule is CCON(c1ccccc1)C(CCSC)C(=O)OP(=O)(O)Cl. The van der Waals surface area contributed by atoms with Crippen LogP contribution in [-0.4, -0.2) is 35.5 Å². The zero-order valence-corrected chi connectivity index (χ0v) is 14.8. The number of halogens is 1. The Morgan fingerprint density at radius 1 is 1.45 bits per heavy atom. The molecule has 0 amide bonds. The maximum absolute atomic E-state index is 12.2. The molecule has 6 nitrogen and oxygen atoms in total. The average Bonchev–Trinajstić information content (AvgIpc) is 2.45. The van der Waals surface area contributed by atoms with Gasteiger partial charge in [-0.2, -0.15) is 11.8 Å². The first-order valence-electron chi connectivity index (χ1n) is 6.61. The van der Waals surface area contributed by atoms with Gasteiger partial charge >= 0.3 is 12.9 Å². The van der Waals surface area contributed by atoms with Crippen molar-refractivity contribution in [3.05, 3.63) is 30.3 Å². The summed E-state index contributed by atoms with van der Waals surface area (Å²) in [5, 5.41) is 1.39. The lowest BCUT2D eigenvalue weighted by atomic mass is 10.2. The molecule has 0 radical (unpaired) electrons. The van der Waals surface area contributed by atoms with E-state index in [-0.39, 0.29) is 0 Å². The maximum Gasteiger partial charge on any atom is 0.476 e. The highest BCUT2D eigenvalue weighted by atomic mass is 35.7. The van der Waals surface area contributed by atoms with Gasteiger partial charge in [0.2, 0.25) is 0 Å². The Morgan fingerprint density at radius 3 is 2.59 bits per heavy atom. The number of carbonyl (C=O) groups excluding carboxylic acids is 1. The minimum Gasteiger partial charge on any atom is -0.379 e. The molecule has 0 aliphatic carbocycles. The predicted octanol–water partition coefficient (Wildman–Crippen LogP) is 3.45. The Bertz CT molecular complexity index is 512. The van der Waals surface area contributed by atoms with Gasteiger partial charge in [0.1, 0.15) is 0 Å². The lowest BCUT2D eigenvalue weighted by Gasteiger charge is -2.30. The first-order chi connectivity index (χ1) is 10.4. The van der Waals surface area contributed by atoms with Gasteiger partial charge in [0.05, 0.1) is 12.3 Å². The Kier molecular flexibility index (Phi) is 8.28. The highest BCUT2D eigenvalue weighted by molar-refractivity contribution is 7.98. The van der Waals surface area contributed by atoms with Gasteiger partial charge in [0, 0.05) is 11.2 Å². The summed E-state index contributed by atoms with van der Waals surface area (Å²) >= 11 is 6.68. The zero-order valence-electron chi connectivity index (χ0n) is 12.3. The average molecular weight is 368 g/mol. The van der Waals surface area contributed by atoms with Gasteiger partial charge in [-0.25, -0.2) is 14.4 Å². The number of anilines is 1. The second-order valence-corrected chi connectivity index (χ2v) is 7.59. The third kappa shape index (κ3) is 6.58. The molecule has 22 heavy (non-hydrogen) atoms. The molecule has 124 valence electrons. The molecule has 0 saturated heterocycles. The van der Waals surface area contributed by atoms with Gasteiger partial charge in [-0.05, 0) is 37.5 Å². The van der Waals surface area contributed by atoms with Crippen molar-refractivity contribution < 1.29 is 23.6 Å². The molecule has 0 spiro atoms. The fourth-order valence-electron chi connectivity index (χ4n) is 1.79. The fraction of sp³-hybridized carbons (Fsp3) is 0.462. The van der Waals surface area contributed by atoms with E-state index in [4.69, 9.17) is 21.0 Å². The highest BCUT2D eigenvalue weighted by Gasteiger charge is 2.33. The lowest BCUT2D eigenvalue weighted by molar-refractivity contribution is -0.138. The topological polar surface area (TPSA) is 76.1 Å². The van der Waals surface area contributed by atoms with Gasteiger partial charge in [-0.1, -0.05) is 18.2 Å². The quantitative estimate of drug-likeness (QED) is 0.529. The van der Waals surface area contributed by atoms with Crippen LogP contribution in [0.1, 0.15) is 13.3 Å². The first kappa shape index (κ1) is 19.3. The lowest BCUT2D eigenvalue weighted by Crippen LogP contribution is -2.42. The van der Waals surface area contributed by atoms with Gasteiger partial charge in [0.15, 0.2) is 6.04 Å². The molecule has 0 fully saturated rings. The van der Waals surface area contributed by atoms with E-state index in [0.29, 0.717) is 24.5 Å². The van der Waals surface area contributed by atoms with Crippen molar-refractivity contribution in [3.63, 3.8) is 0 Å². The third-order valence-electron chi connectivity index (χ3n) is 2.63. The monoisotopic (exact) mass is 367 g/mol. The van der Waals surface area contributed by atoms with Crippen molar-refractivity contribution in [1.82, 2.24) is 0 Å². The van der Waals surface area contributed by atoms with E-state index in [0.717, 1.165) is 0 Å². The van der Waals surface area contributed by atoms with Crippen molar-refractivity contribution in [2.45, 2.75) is 19.4 Å². The number of hydroxylamine groups is 1. The van der Waals surface area contributed by atoms with E-state index in [1.807, 2.05) is 12.3 Å².